The number of rotatable bonds is 10. The molecule has 1 aliphatic rings. The molecule has 1 unspecified atom stereocenters. The van der Waals surface area contributed by atoms with E-state index in [4.69, 9.17) is 15.5 Å². The van der Waals surface area contributed by atoms with Crippen LogP contribution in [0.2, 0.25) is 0 Å². The third kappa shape index (κ3) is 7.08. The molecule has 170 valence electrons. The molecule has 0 aliphatic carbocycles. The van der Waals surface area contributed by atoms with Gasteiger partial charge >= 0.3 is 5.97 Å². The zero-order valence-corrected chi connectivity index (χ0v) is 18.5. The van der Waals surface area contributed by atoms with E-state index in [0.29, 0.717) is 23.4 Å². The van der Waals surface area contributed by atoms with Gasteiger partial charge in [-0.25, -0.2) is 4.98 Å². The predicted molar refractivity (Wildman–Crippen MR) is 125 cm³/mol. The maximum absolute atomic E-state index is 11.2. The van der Waals surface area contributed by atoms with E-state index in [2.05, 4.69) is 27.4 Å². The van der Waals surface area contributed by atoms with Crippen LogP contribution in [0.5, 0.6) is 5.75 Å². The summed E-state index contributed by atoms with van der Waals surface area (Å²) in [5.41, 5.74) is 9.86. The van der Waals surface area contributed by atoms with Gasteiger partial charge in [0.05, 0.1) is 25.8 Å². The van der Waals surface area contributed by atoms with Crippen molar-refractivity contribution >= 4 is 18.0 Å². The van der Waals surface area contributed by atoms with Gasteiger partial charge in [-0.3, -0.25) is 14.8 Å². The fraction of sp³-hybridized carbons (Fsp3) is 0.417. The molecule has 2 aromatic heterocycles. The highest BCUT2D eigenvalue weighted by molar-refractivity contribution is 5.73. The van der Waals surface area contributed by atoms with Crippen LogP contribution in [0.25, 0.3) is 0 Å². The predicted octanol–water partition coefficient (Wildman–Crippen LogP) is 3.69. The van der Waals surface area contributed by atoms with Crippen molar-refractivity contribution in [3.63, 3.8) is 0 Å². The molecule has 0 bridgehead atoms. The quantitative estimate of drug-likeness (QED) is 0.485. The number of aromatic nitrogens is 2. The van der Waals surface area contributed by atoms with Gasteiger partial charge < -0.3 is 20.9 Å². The number of ether oxygens (including phenoxy) is 1. The number of methoxy groups -OCH3 is 1. The summed E-state index contributed by atoms with van der Waals surface area (Å²) in [7, 11) is 1.54. The van der Waals surface area contributed by atoms with E-state index in [1.807, 2.05) is 0 Å². The smallest absolute Gasteiger partial charge is 0.305 e. The van der Waals surface area contributed by atoms with Gasteiger partial charge in [-0.15, -0.1) is 0 Å². The number of anilines is 1. The first-order valence-corrected chi connectivity index (χ1v) is 11.0. The van der Waals surface area contributed by atoms with Crippen LogP contribution in [0.15, 0.2) is 47.4 Å². The number of aryl methyl sites for hydroxylation is 2. The molecule has 4 N–H and O–H groups in total. The van der Waals surface area contributed by atoms with E-state index < -0.39 is 12.0 Å². The van der Waals surface area contributed by atoms with Crippen LogP contribution in [-0.2, 0) is 17.6 Å². The maximum Gasteiger partial charge on any atom is 0.305 e. The van der Waals surface area contributed by atoms with E-state index in [-0.39, 0.29) is 6.42 Å². The summed E-state index contributed by atoms with van der Waals surface area (Å²) in [5, 5.41) is 12.6. The van der Waals surface area contributed by atoms with Gasteiger partial charge in [0.1, 0.15) is 11.6 Å². The van der Waals surface area contributed by atoms with Gasteiger partial charge in [0.15, 0.2) is 0 Å². The van der Waals surface area contributed by atoms with E-state index >= 15 is 0 Å². The van der Waals surface area contributed by atoms with Gasteiger partial charge in [-0.1, -0.05) is 6.07 Å². The number of nitrogens with zero attached hydrogens (tertiary/aromatic N) is 3. The molecule has 0 aromatic carbocycles. The van der Waals surface area contributed by atoms with Crippen LogP contribution < -0.4 is 15.8 Å². The fourth-order valence-corrected chi connectivity index (χ4v) is 3.62. The van der Waals surface area contributed by atoms with Gasteiger partial charge in [-0.2, -0.15) is 0 Å². The first kappa shape index (κ1) is 23.2. The lowest BCUT2D eigenvalue weighted by Gasteiger charge is -2.11. The van der Waals surface area contributed by atoms with Gasteiger partial charge in [0, 0.05) is 30.3 Å². The highest BCUT2D eigenvalue weighted by Gasteiger charge is 2.15. The second kappa shape index (κ2) is 11.8. The number of allylic oxidation sites excluding steroid dienone is 2. The fourth-order valence-electron chi connectivity index (χ4n) is 3.62. The molecule has 8 heteroatoms. The van der Waals surface area contributed by atoms with Crippen LogP contribution in [0.3, 0.4) is 0 Å². The SMILES string of the molecule is COc1cncc(C(CC(=O)O)N=CC=C(N)CCCc2ccc3c(n2)NCCCC3)c1. The van der Waals surface area contributed by atoms with Crippen molar-refractivity contribution in [1.82, 2.24) is 9.97 Å². The zero-order chi connectivity index (χ0) is 22.8. The number of nitrogens with two attached hydrogens (primary N) is 1. The Morgan fingerprint density at radius 1 is 1.38 bits per heavy atom. The second-order valence-electron chi connectivity index (χ2n) is 7.86. The Balaban J connectivity index is 1.55. The average Bonchev–Trinajstić information content (AvgIpc) is 3.03. The van der Waals surface area contributed by atoms with Crippen molar-refractivity contribution in [2.24, 2.45) is 10.7 Å². The molecular formula is C24H31N5O3. The number of fused-ring (bicyclic) bond motifs is 1. The molecular weight excluding hydrogens is 406 g/mol. The number of carbonyl (C=O) groups is 1. The van der Waals surface area contributed by atoms with Crippen molar-refractivity contribution in [2.75, 3.05) is 19.0 Å². The Morgan fingerprint density at radius 2 is 2.25 bits per heavy atom. The van der Waals surface area contributed by atoms with Crippen LogP contribution in [-0.4, -0.2) is 40.9 Å². The molecule has 0 saturated carbocycles. The lowest BCUT2D eigenvalue weighted by molar-refractivity contribution is -0.137. The molecule has 0 fully saturated rings. The van der Waals surface area contributed by atoms with Crippen LogP contribution in [0.4, 0.5) is 5.82 Å². The number of hydrogen-bond acceptors (Lipinski definition) is 7. The highest BCUT2D eigenvalue weighted by atomic mass is 16.5. The molecule has 2 aromatic rings. The number of carboxylic acid groups (broad SMARTS) is 1. The number of pyridine rings is 2. The molecule has 0 radical (unpaired) electrons. The summed E-state index contributed by atoms with van der Waals surface area (Å²) >= 11 is 0. The topological polar surface area (TPSA) is 123 Å². The van der Waals surface area contributed by atoms with Gasteiger partial charge in [-0.05, 0) is 67.9 Å². The summed E-state index contributed by atoms with van der Waals surface area (Å²) in [4.78, 5) is 24.5. The van der Waals surface area contributed by atoms with Gasteiger partial charge in [0.2, 0.25) is 0 Å². The Labute approximate surface area is 188 Å². The molecule has 8 nitrogen and oxygen atoms in total. The minimum atomic E-state index is -0.935. The summed E-state index contributed by atoms with van der Waals surface area (Å²) in [6, 6.07) is 5.47. The summed E-state index contributed by atoms with van der Waals surface area (Å²) in [5.74, 6) is 0.645. The minimum absolute atomic E-state index is 0.142. The molecule has 1 aliphatic heterocycles. The Bertz CT molecular complexity index is 974. The Morgan fingerprint density at radius 3 is 3.06 bits per heavy atom. The number of aliphatic imine (C=N–C) groups is 1. The van der Waals surface area contributed by atoms with Crippen molar-refractivity contribution < 1.29 is 14.6 Å². The third-order valence-electron chi connectivity index (χ3n) is 5.38. The summed E-state index contributed by atoms with van der Waals surface area (Å²) < 4.78 is 5.17. The van der Waals surface area contributed by atoms with Gasteiger partial charge in [0.25, 0.3) is 0 Å². The van der Waals surface area contributed by atoms with Crippen molar-refractivity contribution in [2.45, 2.75) is 51.0 Å². The van der Waals surface area contributed by atoms with E-state index in [1.54, 1.807) is 30.8 Å². The lowest BCUT2D eigenvalue weighted by atomic mass is 10.1. The van der Waals surface area contributed by atoms with E-state index in [0.717, 1.165) is 37.3 Å². The lowest BCUT2D eigenvalue weighted by Crippen LogP contribution is -2.06. The highest BCUT2D eigenvalue weighted by Crippen LogP contribution is 2.24. The molecule has 1 atom stereocenters. The minimum Gasteiger partial charge on any atom is -0.495 e. The maximum atomic E-state index is 11.2. The standard InChI is InChI=1S/C24H31N5O3/c1-32-21-13-18(15-26-16-21)22(14-23(30)31)27-12-10-19(25)6-4-7-20-9-8-17-5-2-3-11-28-24(17)29-20/h8-10,12-13,15-16,22H,2-7,11,14,25H2,1H3,(H,28,29)(H,30,31). The number of nitrogens with one attached hydrogen (secondary N) is 1. The normalized spacial score (nSPS) is 15.0. The van der Waals surface area contributed by atoms with Crippen molar-refractivity contribution in [1.29, 1.82) is 0 Å². The number of carboxylic acids is 1. The molecule has 0 spiro atoms. The Kier molecular flexibility index (Phi) is 8.60. The Hall–Kier alpha value is -3.42. The van der Waals surface area contributed by atoms with E-state index in [9.17, 15) is 9.90 Å². The van der Waals surface area contributed by atoms with Crippen LogP contribution in [0.1, 0.15) is 55.0 Å². The van der Waals surface area contributed by atoms with Crippen LogP contribution >= 0.6 is 0 Å². The first-order valence-electron chi connectivity index (χ1n) is 11.0. The first-order chi connectivity index (χ1) is 15.5. The van der Waals surface area contributed by atoms with Crippen molar-refractivity contribution in [3.8, 4) is 5.75 Å². The average molecular weight is 438 g/mol. The molecule has 3 rings (SSSR count). The van der Waals surface area contributed by atoms with Crippen molar-refractivity contribution in [3.05, 3.63) is 59.2 Å². The largest absolute Gasteiger partial charge is 0.495 e. The third-order valence-corrected chi connectivity index (χ3v) is 5.38. The molecule has 0 amide bonds. The number of hydrogen-bond donors (Lipinski definition) is 3. The molecule has 0 saturated heterocycles. The molecule has 3 heterocycles. The molecule has 32 heavy (non-hydrogen) atoms. The monoisotopic (exact) mass is 437 g/mol. The van der Waals surface area contributed by atoms with E-state index in [1.165, 1.54) is 25.5 Å². The zero-order valence-electron chi connectivity index (χ0n) is 18.5. The second-order valence-corrected chi connectivity index (χ2v) is 7.86. The number of aliphatic carboxylic acids is 1. The van der Waals surface area contributed by atoms with Crippen LogP contribution in [0, 0.1) is 0 Å². The summed E-state index contributed by atoms with van der Waals surface area (Å²) in [6.07, 6.45) is 12.2. The summed E-state index contributed by atoms with van der Waals surface area (Å²) in [6.45, 7) is 0.979.